The Balaban J connectivity index is 0. The molecule has 0 spiro atoms. The van der Waals surface area contributed by atoms with Crippen LogP contribution in [0.4, 0.5) is 4.79 Å². The molecule has 0 rings (SSSR count). The summed E-state index contributed by atoms with van der Waals surface area (Å²) in [7, 11) is 0. The van der Waals surface area contributed by atoms with Crippen LogP contribution >= 0.6 is 0 Å². The third-order valence-electron chi connectivity index (χ3n) is 1.72. The van der Waals surface area contributed by atoms with Gasteiger partial charge in [-0.15, -0.1) is 0 Å². The number of carboxylic acid groups (broad SMARTS) is 1. The Morgan fingerprint density at radius 3 is 2.27 bits per heavy atom. The average molecular weight is 225 g/mol. The van der Waals surface area contributed by atoms with Crippen LogP contribution in [-0.2, 0) is 14.3 Å². The van der Waals surface area contributed by atoms with Gasteiger partial charge in [0.05, 0.1) is 12.6 Å². The van der Waals surface area contributed by atoms with Gasteiger partial charge >= 0.3 is 35.7 Å². The van der Waals surface area contributed by atoms with Crippen molar-refractivity contribution >= 4 is 18.3 Å². The van der Waals surface area contributed by atoms with Crippen molar-refractivity contribution in [3.05, 3.63) is 0 Å². The van der Waals surface area contributed by atoms with E-state index >= 15 is 0 Å². The molecule has 6 nitrogen and oxygen atoms in total. The van der Waals surface area contributed by atoms with Gasteiger partial charge in [0.1, 0.15) is 5.54 Å². The Morgan fingerprint density at radius 1 is 1.47 bits per heavy atom. The van der Waals surface area contributed by atoms with E-state index in [0.29, 0.717) is 0 Å². The van der Waals surface area contributed by atoms with E-state index in [2.05, 4.69) is 4.74 Å². The minimum atomic E-state index is -1.99. The van der Waals surface area contributed by atoms with Crippen molar-refractivity contribution in [2.45, 2.75) is 25.8 Å². The summed E-state index contributed by atoms with van der Waals surface area (Å²) in [5, 5.41) is 12.5. The molecule has 0 aromatic heterocycles. The van der Waals surface area contributed by atoms with E-state index in [1.165, 1.54) is 6.92 Å². The molecule has 1 unspecified atom stereocenters. The number of alkyl carbamates (subject to hydrolysis) is 1. The second-order valence-corrected chi connectivity index (χ2v) is 2.58. The summed E-state index contributed by atoms with van der Waals surface area (Å²) in [5.74, 6) is -1.65. The van der Waals surface area contributed by atoms with E-state index < -0.39 is 17.6 Å². The van der Waals surface area contributed by atoms with Gasteiger partial charge in [0.2, 0.25) is 0 Å². The molecule has 0 radical (unpaired) electrons. The summed E-state index contributed by atoms with van der Waals surface area (Å²) >= 11 is 0. The third kappa shape index (κ3) is 4.63. The Hall–Kier alpha value is -0.590. The molecule has 0 aliphatic rings. The number of aldehydes is 1. The number of ether oxygens (including phenoxy) is 1. The summed E-state index contributed by atoms with van der Waals surface area (Å²) in [6, 6.07) is 0. The molecule has 0 saturated heterocycles. The molecular formula is C8H12NNaO5. The number of amides is 1. The fourth-order valence-corrected chi connectivity index (χ4v) is 0.794. The topological polar surface area (TPSA) is 95.5 Å². The number of carbonyl (C=O) groups is 3. The normalized spacial score (nSPS) is 12.9. The second-order valence-electron chi connectivity index (χ2n) is 2.58. The van der Waals surface area contributed by atoms with Crippen LogP contribution in [0.1, 0.15) is 20.3 Å². The van der Waals surface area contributed by atoms with Gasteiger partial charge in [-0.1, -0.05) is 6.92 Å². The predicted molar refractivity (Wildman–Crippen MR) is 44.3 cm³/mol. The van der Waals surface area contributed by atoms with E-state index in [1.807, 2.05) is 5.32 Å². The van der Waals surface area contributed by atoms with Crippen molar-refractivity contribution in [1.29, 1.82) is 0 Å². The van der Waals surface area contributed by atoms with E-state index in [1.54, 1.807) is 6.92 Å². The van der Waals surface area contributed by atoms with Crippen molar-refractivity contribution in [2.75, 3.05) is 6.61 Å². The summed E-state index contributed by atoms with van der Waals surface area (Å²) in [4.78, 5) is 32.1. The maximum atomic E-state index is 10.9. The summed E-state index contributed by atoms with van der Waals surface area (Å²) < 4.78 is 4.45. The number of carboxylic acids is 1. The van der Waals surface area contributed by atoms with Crippen LogP contribution in [0.5, 0.6) is 0 Å². The van der Waals surface area contributed by atoms with E-state index in [-0.39, 0.29) is 48.9 Å². The first kappa shape index (κ1) is 16.8. The van der Waals surface area contributed by atoms with Crippen molar-refractivity contribution < 1.29 is 53.8 Å². The van der Waals surface area contributed by atoms with Gasteiger partial charge in [0, 0.05) is 0 Å². The van der Waals surface area contributed by atoms with Crippen LogP contribution in [0.3, 0.4) is 0 Å². The zero-order valence-corrected chi connectivity index (χ0v) is 11.0. The van der Waals surface area contributed by atoms with E-state index in [9.17, 15) is 19.5 Å². The van der Waals surface area contributed by atoms with Crippen LogP contribution in [0, 0.1) is 0 Å². The largest absolute Gasteiger partial charge is 1.00 e. The average Bonchev–Trinajstić information content (AvgIpc) is 2.14. The van der Waals surface area contributed by atoms with Crippen LogP contribution in [0.15, 0.2) is 0 Å². The molecule has 0 aromatic carbocycles. The first-order valence-corrected chi connectivity index (χ1v) is 4.15. The fraction of sp³-hybridized carbons (Fsp3) is 0.625. The minimum absolute atomic E-state index is 0. The van der Waals surface area contributed by atoms with Crippen molar-refractivity contribution in [3.8, 4) is 0 Å². The third-order valence-corrected chi connectivity index (χ3v) is 1.72. The maximum absolute atomic E-state index is 10.9. The number of rotatable bonds is 5. The standard InChI is InChI=1S/C8H13NO5.Na/c1-3-8(5-10,6(11)12)9-7(13)14-4-2;/h5H,3-4H2,1-2H3,(H,9,13)(H,11,12);/q;+1/p-1. The first-order valence-electron chi connectivity index (χ1n) is 4.15. The van der Waals surface area contributed by atoms with Crippen molar-refractivity contribution in [2.24, 2.45) is 0 Å². The smallest absolute Gasteiger partial charge is 0.547 e. The quantitative estimate of drug-likeness (QED) is 0.291. The Morgan fingerprint density at radius 2 is 2.00 bits per heavy atom. The minimum Gasteiger partial charge on any atom is -0.547 e. The van der Waals surface area contributed by atoms with Crippen molar-refractivity contribution in [1.82, 2.24) is 5.32 Å². The second kappa shape index (κ2) is 7.67. The molecule has 80 valence electrons. The molecule has 0 fully saturated rings. The fourth-order valence-electron chi connectivity index (χ4n) is 0.794. The van der Waals surface area contributed by atoms with Gasteiger partial charge in [0.15, 0.2) is 6.29 Å². The SMILES string of the molecule is CCOC(=O)NC(C=O)(CC)C(=O)[O-].[Na+]. The molecule has 0 aliphatic carbocycles. The number of aliphatic carboxylic acids is 1. The molecule has 0 saturated carbocycles. The van der Waals surface area contributed by atoms with Gasteiger partial charge in [-0.25, -0.2) is 4.79 Å². The van der Waals surface area contributed by atoms with Gasteiger partial charge in [-0.3, -0.25) is 0 Å². The molecular weight excluding hydrogens is 213 g/mol. The van der Waals surface area contributed by atoms with Crippen LogP contribution in [-0.4, -0.2) is 30.5 Å². The molecule has 15 heavy (non-hydrogen) atoms. The van der Waals surface area contributed by atoms with E-state index in [4.69, 9.17) is 0 Å². The molecule has 1 N–H and O–H groups in total. The molecule has 1 atom stereocenters. The Bertz CT molecular complexity index is 245. The van der Waals surface area contributed by atoms with Gasteiger partial charge in [-0.2, -0.15) is 0 Å². The summed E-state index contributed by atoms with van der Waals surface area (Å²) in [6.45, 7) is 3.10. The van der Waals surface area contributed by atoms with Gasteiger partial charge < -0.3 is 24.7 Å². The molecule has 1 amide bonds. The molecule has 0 heterocycles. The Kier molecular flexibility index (Phi) is 8.60. The van der Waals surface area contributed by atoms with Gasteiger partial charge in [0.25, 0.3) is 0 Å². The Labute approximate surface area is 110 Å². The number of nitrogens with one attached hydrogen (secondary N) is 1. The molecule has 0 aliphatic heterocycles. The zero-order chi connectivity index (χ0) is 11.2. The maximum Gasteiger partial charge on any atom is 1.00 e. The van der Waals surface area contributed by atoms with E-state index in [0.717, 1.165) is 0 Å². The molecule has 0 aromatic rings. The van der Waals surface area contributed by atoms with Gasteiger partial charge in [-0.05, 0) is 13.3 Å². The number of carbonyl (C=O) groups excluding carboxylic acids is 3. The van der Waals surface area contributed by atoms with Crippen LogP contribution in [0.25, 0.3) is 0 Å². The monoisotopic (exact) mass is 225 g/mol. The molecule has 0 bridgehead atoms. The summed E-state index contributed by atoms with van der Waals surface area (Å²) in [5.41, 5.74) is -1.99. The number of hydrogen-bond acceptors (Lipinski definition) is 5. The van der Waals surface area contributed by atoms with Crippen LogP contribution < -0.4 is 40.0 Å². The van der Waals surface area contributed by atoms with Crippen LogP contribution in [0.2, 0.25) is 0 Å². The van der Waals surface area contributed by atoms with Crippen molar-refractivity contribution in [3.63, 3.8) is 0 Å². The predicted octanol–water partition coefficient (Wildman–Crippen LogP) is -4.17. The first-order chi connectivity index (χ1) is 6.52. The number of hydrogen-bond donors (Lipinski definition) is 1. The summed E-state index contributed by atoms with van der Waals surface area (Å²) in [6.07, 6.45) is -0.928. The zero-order valence-electron chi connectivity index (χ0n) is 9.03. The molecule has 7 heteroatoms.